The smallest absolute Gasteiger partial charge is 0.217 e. The van der Waals surface area contributed by atoms with E-state index in [1.54, 1.807) is 24.6 Å². The maximum Gasteiger partial charge on any atom is 0.217 e. The first kappa shape index (κ1) is 23.2. The van der Waals surface area contributed by atoms with E-state index in [2.05, 4.69) is 55.8 Å². The predicted molar refractivity (Wildman–Crippen MR) is 137 cm³/mol. The zero-order valence-corrected chi connectivity index (χ0v) is 20.6. The van der Waals surface area contributed by atoms with E-state index in [4.69, 9.17) is 9.72 Å². The van der Waals surface area contributed by atoms with Crippen molar-refractivity contribution in [3.8, 4) is 11.1 Å². The van der Waals surface area contributed by atoms with E-state index >= 15 is 0 Å². The second-order valence-electron chi connectivity index (χ2n) is 9.38. The Labute approximate surface area is 205 Å². The fourth-order valence-electron chi connectivity index (χ4n) is 5.13. The molecule has 8 heteroatoms. The van der Waals surface area contributed by atoms with Crippen LogP contribution in [0.25, 0.3) is 21.3 Å². The molecule has 7 nitrogen and oxygen atoms in total. The van der Waals surface area contributed by atoms with Gasteiger partial charge in [-0.05, 0) is 30.7 Å². The van der Waals surface area contributed by atoms with Crippen LogP contribution in [0.3, 0.4) is 0 Å². The summed E-state index contributed by atoms with van der Waals surface area (Å²) in [6, 6.07) is 10.8. The molecular formula is C26H33N5O2S. The first-order valence-electron chi connectivity index (χ1n) is 12.3. The minimum Gasteiger partial charge on any atom is -0.380 e. The highest BCUT2D eigenvalue weighted by Crippen LogP contribution is 2.38. The lowest BCUT2D eigenvalue weighted by Gasteiger charge is -2.33. The van der Waals surface area contributed by atoms with Gasteiger partial charge in [0.1, 0.15) is 17.0 Å². The summed E-state index contributed by atoms with van der Waals surface area (Å²) in [6.45, 7) is 8.07. The third kappa shape index (κ3) is 5.40. The van der Waals surface area contributed by atoms with Crippen molar-refractivity contribution in [1.82, 2.24) is 20.2 Å². The molecule has 0 spiro atoms. The minimum absolute atomic E-state index is 0.0624. The number of nitrogens with zero attached hydrogens (tertiary/aromatic N) is 4. The molecule has 0 aliphatic carbocycles. The van der Waals surface area contributed by atoms with Crippen molar-refractivity contribution in [2.75, 3.05) is 50.8 Å². The number of fused-ring (bicyclic) bond motifs is 1. The van der Waals surface area contributed by atoms with Crippen molar-refractivity contribution in [3.63, 3.8) is 0 Å². The number of likely N-dealkylation sites (tertiary alicyclic amines) is 1. The molecule has 1 atom stereocenters. The summed E-state index contributed by atoms with van der Waals surface area (Å²) in [5.41, 5.74) is 2.44. The highest BCUT2D eigenvalue weighted by atomic mass is 32.1. The number of hydrogen-bond donors (Lipinski definition) is 1. The maximum absolute atomic E-state index is 11.2. The third-order valence-corrected chi connectivity index (χ3v) is 7.82. The molecular weight excluding hydrogens is 446 g/mol. The van der Waals surface area contributed by atoms with E-state index in [0.717, 1.165) is 75.8 Å². The number of nitrogens with one attached hydrogen (secondary N) is 1. The lowest BCUT2D eigenvalue weighted by molar-refractivity contribution is -0.119. The lowest BCUT2D eigenvalue weighted by atomic mass is 9.97. The fraction of sp³-hybridized carbons (Fsp3) is 0.500. The largest absolute Gasteiger partial charge is 0.380 e. The van der Waals surface area contributed by atoms with Gasteiger partial charge in [-0.25, -0.2) is 9.97 Å². The Kier molecular flexibility index (Phi) is 7.37. The monoisotopic (exact) mass is 479 g/mol. The summed E-state index contributed by atoms with van der Waals surface area (Å²) in [4.78, 5) is 26.3. The quantitative estimate of drug-likeness (QED) is 0.496. The molecule has 2 aliphatic heterocycles. The van der Waals surface area contributed by atoms with Crippen molar-refractivity contribution in [2.24, 2.45) is 5.92 Å². The number of benzene rings is 1. The Morgan fingerprint density at radius 2 is 1.97 bits per heavy atom. The van der Waals surface area contributed by atoms with Gasteiger partial charge in [0.15, 0.2) is 0 Å². The molecule has 3 aromatic rings. The van der Waals surface area contributed by atoms with E-state index < -0.39 is 0 Å². The second-order valence-corrected chi connectivity index (χ2v) is 10.2. The molecule has 1 N–H and O–H groups in total. The summed E-state index contributed by atoms with van der Waals surface area (Å²) in [7, 11) is 0. The molecule has 4 heterocycles. The average Bonchev–Trinajstić information content (AvgIpc) is 3.49. The Morgan fingerprint density at radius 1 is 1.15 bits per heavy atom. The number of amides is 1. The van der Waals surface area contributed by atoms with E-state index in [9.17, 15) is 4.79 Å². The maximum atomic E-state index is 11.2. The summed E-state index contributed by atoms with van der Waals surface area (Å²) in [6.07, 6.45) is 4.96. The van der Waals surface area contributed by atoms with Crippen LogP contribution in [0.2, 0.25) is 0 Å². The lowest BCUT2D eigenvalue weighted by Crippen LogP contribution is -2.37. The molecule has 2 fully saturated rings. The van der Waals surface area contributed by atoms with E-state index in [-0.39, 0.29) is 5.91 Å². The first-order chi connectivity index (χ1) is 16.7. The Hall–Kier alpha value is -2.55. The summed E-state index contributed by atoms with van der Waals surface area (Å²) < 4.78 is 6.06. The molecule has 2 aromatic heterocycles. The number of hydrogen-bond acceptors (Lipinski definition) is 7. The standard InChI is InChI=1S/C26H33N5O2S/c1-19(32)29-22-9-10-30(15-22)13-14-33-16-20-7-11-31(12-8-20)25-24-23(21-5-3-2-4-6-21)17-34-26(24)28-18-27-25/h2-6,17-18,20,22H,7-16H2,1H3,(H,29,32). The van der Waals surface area contributed by atoms with Gasteiger partial charge in [0.05, 0.1) is 12.0 Å². The number of ether oxygens (including phenoxy) is 1. The summed E-state index contributed by atoms with van der Waals surface area (Å²) in [5, 5.41) is 6.40. The molecule has 2 saturated heterocycles. The molecule has 0 bridgehead atoms. The molecule has 1 amide bonds. The molecule has 0 radical (unpaired) electrons. The molecule has 2 aliphatic rings. The highest BCUT2D eigenvalue weighted by Gasteiger charge is 2.25. The zero-order valence-electron chi connectivity index (χ0n) is 19.8. The molecule has 1 aromatic carbocycles. The Bertz CT molecular complexity index is 1100. The van der Waals surface area contributed by atoms with Crippen LogP contribution in [-0.4, -0.2) is 72.8 Å². The van der Waals surface area contributed by atoms with Gasteiger partial charge in [-0.2, -0.15) is 0 Å². The van der Waals surface area contributed by atoms with Crippen LogP contribution in [0.1, 0.15) is 26.2 Å². The van der Waals surface area contributed by atoms with Gasteiger partial charge in [0, 0.05) is 63.2 Å². The van der Waals surface area contributed by atoms with Crippen molar-refractivity contribution >= 4 is 33.3 Å². The van der Waals surface area contributed by atoms with Gasteiger partial charge in [0.2, 0.25) is 5.91 Å². The number of carbonyl (C=O) groups is 1. The first-order valence-corrected chi connectivity index (χ1v) is 13.1. The van der Waals surface area contributed by atoms with Gasteiger partial charge >= 0.3 is 0 Å². The van der Waals surface area contributed by atoms with Gasteiger partial charge in [-0.3, -0.25) is 9.69 Å². The number of rotatable bonds is 8. The van der Waals surface area contributed by atoms with Crippen molar-refractivity contribution in [2.45, 2.75) is 32.2 Å². The van der Waals surface area contributed by atoms with Crippen LogP contribution in [0, 0.1) is 5.92 Å². The van der Waals surface area contributed by atoms with Gasteiger partial charge < -0.3 is 15.0 Å². The van der Waals surface area contributed by atoms with Crippen LogP contribution in [0.4, 0.5) is 5.82 Å². The number of piperidine rings is 1. The minimum atomic E-state index is 0.0624. The fourth-order valence-corrected chi connectivity index (χ4v) is 6.04. The van der Waals surface area contributed by atoms with Crippen molar-refractivity contribution < 1.29 is 9.53 Å². The topological polar surface area (TPSA) is 70.6 Å². The van der Waals surface area contributed by atoms with Gasteiger partial charge in [-0.1, -0.05) is 30.3 Å². The molecule has 0 saturated carbocycles. The Balaban J connectivity index is 1.12. The third-order valence-electron chi connectivity index (χ3n) is 6.93. The average molecular weight is 480 g/mol. The highest BCUT2D eigenvalue weighted by molar-refractivity contribution is 7.17. The molecule has 1 unspecified atom stereocenters. The molecule has 180 valence electrons. The normalized spacial score (nSPS) is 19.7. The van der Waals surface area contributed by atoms with E-state index in [1.165, 1.54) is 16.5 Å². The van der Waals surface area contributed by atoms with E-state index in [0.29, 0.717) is 12.0 Å². The molecule has 5 rings (SSSR count). The number of carbonyl (C=O) groups excluding carboxylic acids is 1. The SMILES string of the molecule is CC(=O)NC1CCN(CCOCC2CCN(c3ncnc4scc(-c5ccccc5)c34)CC2)C1. The predicted octanol–water partition coefficient (Wildman–Crippen LogP) is 3.80. The van der Waals surface area contributed by atoms with Crippen LogP contribution >= 0.6 is 11.3 Å². The number of anilines is 1. The van der Waals surface area contributed by atoms with Crippen LogP contribution in [-0.2, 0) is 9.53 Å². The van der Waals surface area contributed by atoms with Gasteiger partial charge in [-0.15, -0.1) is 11.3 Å². The molecule has 34 heavy (non-hydrogen) atoms. The van der Waals surface area contributed by atoms with Gasteiger partial charge in [0.25, 0.3) is 0 Å². The number of aromatic nitrogens is 2. The van der Waals surface area contributed by atoms with Crippen molar-refractivity contribution in [3.05, 3.63) is 42.0 Å². The summed E-state index contributed by atoms with van der Waals surface area (Å²) in [5.74, 6) is 1.72. The van der Waals surface area contributed by atoms with Crippen LogP contribution in [0.5, 0.6) is 0 Å². The van der Waals surface area contributed by atoms with Crippen molar-refractivity contribution in [1.29, 1.82) is 0 Å². The van der Waals surface area contributed by atoms with Crippen LogP contribution < -0.4 is 10.2 Å². The van der Waals surface area contributed by atoms with Crippen LogP contribution in [0.15, 0.2) is 42.0 Å². The second kappa shape index (κ2) is 10.8. The number of thiophene rings is 1. The summed E-state index contributed by atoms with van der Waals surface area (Å²) >= 11 is 1.69. The Morgan fingerprint density at radius 3 is 2.76 bits per heavy atom. The van der Waals surface area contributed by atoms with E-state index in [1.807, 2.05) is 0 Å². The zero-order chi connectivity index (χ0) is 23.3.